The van der Waals surface area contributed by atoms with Crippen LogP contribution in [0.1, 0.15) is 27.2 Å². The highest BCUT2D eigenvalue weighted by molar-refractivity contribution is 5.90. The van der Waals surface area contributed by atoms with Crippen LogP contribution in [0.3, 0.4) is 0 Å². The first-order valence-electron chi connectivity index (χ1n) is 3.74. The molecule has 0 aliphatic heterocycles. The topological polar surface area (TPSA) is 60.2 Å². The van der Waals surface area contributed by atoms with Crippen molar-refractivity contribution in [1.29, 1.82) is 0 Å². The molecular formula is C8H15NO2. The van der Waals surface area contributed by atoms with Gasteiger partial charge in [-0.05, 0) is 6.92 Å². The van der Waals surface area contributed by atoms with Crippen molar-refractivity contribution in [2.75, 3.05) is 0 Å². The van der Waals surface area contributed by atoms with E-state index >= 15 is 0 Å². The van der Waals surface area contributed by atoms with Gasteiger partial charge in [-0.15, -0.1) is 0 Å². The van der Waals surface area contributed by atoms with Gasteiger partial charge in [0, 0.05) is 12.3 Å². The Bertz CT molecular complexity index is 163. The summed E-state index contributed by atoms with van der Waals surface area (Å²) in [6.45, 7) is 5.00. The number of carbonyl (C=O) groups excluding carboxylic acids is 2. The fourth-order valence-electron chi connectivity index (χ4n) is 0.838. The summed E-state index contributed by atoms with van der Waals surface area (Å²) in [5, 5.41) is 0. The van der Waals surface area contributed by atoms with Gasteiger partial charge in [-0.25, -0.2) is 0 Å². The van der Waals surface area contributed by atoms with Gasteiger partial charge >= 0.3 is 0 Å². The number of ketones is 2. The van der Waals surface area contributed by atoms with Crippen LogP contribution in [-0.2, 0) is 9.59 Å². The Morgan fingerprint density at radius 1 is 1.36 bits per heavy atom. The standard InChI is InChI=1S/C8H15NO2/c1-5(2)8(11)7(9)4-6(3)10/h5,7H,4,9H2,1-3H3/t7-/m1/s1. The molecule has 0 heterocycles. The van der Waals surface area contributed by atoms with Gasteiger partial charge in [-0.3, -0.25) is 9.59 Å². The Kier molecular flexibility index (Phi) is 3.97. The molecule has 0 bridgehead atoms. The van der Waals surface area contributed by atoms with Crippen molar-refractivity contribution in [3.8, 4) is 0 Å². The zero-order chi connectivity index (χ0) is 9.02. The van der Waals surface area contributed by atoms with Crippen molar-refractivity contribution in [2.45, 2.75) is 33.2 Å². The summed E-state index contributed by atoms with van der Waals surface area (Å²) in [6, 6.07) is -0.604. The molecule has 2 N–H and O–H groups in total. The molecule has 0 saturated carbocycles. The molecule has 0 aliphatic carbocycles. The zero-order valence-corrected chi connectivity index (χ0v) is 7.26. The third kappa shape index (κ3) is 3.88. The van der Waals surface area contributed by atoms with E-state index in [4.69, 9.17) is 5.73 Å². The molecule has 0 saturated heterocycles. The van der Waals surface area contributed by atoms with Crippen molar-refractivity contribution >= 4 is 11.6 Å². The maximum absolute atomic E-state index is 11.1. The minimum Gasteiger partial charge on any atom is -0.321 e. The van der Waals surface area contributed by atoms with E-state index in [9.17, 15) is 9.59 Å². The molecule has 0 fully saturated rings. The van der Waals surface area contributed by atoms with Crippen LogP contribution in [0.2, 0.25) is 0 Å². The maximum Gasteiger partial charge on any atom is 0.152 e. The first-order valence-corrected chi connectivity index (χ1v) is 3.74. The fourth-order valence-corrected chi connectivity index (χ4v) is 0.838. The molecule has 3 heteroatoms. The van der Waals surface area contributed by atoms with E-state index in [0.29, 0.717) is 0 Å². The molecule has 64 valence electrons. The second kappa shape index (κ2) is 4.23. The Labute approximate surface area is 67.0 Å². The lowest BCUT2D eigenvalue weighted by Crippen LogP contribution is -2.35. The lowest BCUT2D eigenvalue weighted by atomic mass is 9.99. The zero-order valence-electron chi connectivity index (χ0n) is 7.26. The Morgan fingerprint density at radius 3 is 2.09 bits per heavy atom. The molecule has 0 radical (unpaired) electrons. The number of Topliss-reactive ketones (excluding diaryl/α,β-unsaturated/α-hetero) is 2. The summed E-state index contributed by atoms with van der Waals surface area (Å²) in [5.41, 5.74) is 5.45. The smallest absolute Gasteiger partial charge is 0.152 e. The van der Waals surface area contributed by atoms with Gasteiger partial charge in [0.05, 0.1) is 6.04 Å². The van der Waals surface area contributed by atoms with Crippen LogP contribution >= 0.6 is 0 Å². The molecule has 0 aromatic heterocycles. The van der Waals surface area contributed by atoms with Gasteiger partial charge in [-0.1, -0.05) is 13.8 Å². The first-order chi connectivity index (χ1) is 4.95. The summed E-state index contributed by atoms with van der Waals surface area (Å²) in [5.74, 6) is -0.156. The molecular weight excluding hydrogens is 142 g/mol. The summed E-state index contributed by atoms with van der Waals surface area (Å²) >= 11 is 0. The minimum atomic E-state index is -0.604. The highest BCUT2D eigenvalue weighted by atomic mass is 16.1. The highest BCUT2D eigenvalue weighted by Gasteiger charge is 2.17. The molecule has 0 aromatic carbocycles. The number of nitrogens with two attached hydrogens (primary N) is 1. The van der Waals surface area contributed by atoms with E-state index in [-0.39, 0.29) is 23.9 Å². The lowest BCUT2D eigenvalue weighted by molar-refractivity contribution is -0.126. The molecule has 1 atom stereocenters. The number of carbonyl (C=O) groups is 2. The Balaban J connectivity index is 3.93. The summed E-state index contributed by atoms with van der Waals surface area (Å²) in [4.78, 5) is 21.7. The summed E-state index contributed by atoms with van der Waals surface area (Å²) in [6.07, 6.45) is 0.164. The number of hydrogen-bond acceptors (Lipinski definition) is 3. The van der Waals surface area contributed by atoms with E-state index in [2.05, 4.69) is 0 Å². The van der Waals surface area contributed by atoms with E-state index in [0.717, 1.165) is 0 Å². The third-order valence-corrected chi connectivity index (χ3v) is 1.44. The Morgan fingerprint density at radius 2 is 1.82 bits per heavy atom. The average Bonchev–Trinajstić information content (AvgIpc) is 1.84. The molecule has 0 aliphatic rings. The predicted molar refractivity (Wildman–Crippen MR) is 43.1 cm³/mol. The van der Waals surface area contributed by atoms with Gasteiger partial charge in [-0.2, -0.15) is 0 Å². The fraction of sp³-hybridized carbons (Fsp3) is 0.750. The van der Waals surface area contributed by atoms with E-state index < -0.39 is 6.04 Å². The van der Waals surface area contributed by atoms with Crippen LogP contribution < -0.4 is 5.73 Å². The quantitative estimate of drug-likeness (QED) is 0.647. The monoisotopic (exact) mass is 157 g/mol. The molecule has 3 nitrogen and oxygen atoms in total. The highest BCUT2D eigenvalue weighted by Crippen LogP contribution is 2.01. The van der Waals surface area contributed by atoms with Gasteiger partial charge in [0.1, 0.15) is 5.78 Å². The Hall–Kier alpha value is -0.700. The van der Waals surface area contributed by atoms with Crippen molar-refractivity contribution < 1.29 is 9.59 Å². The second-order valence-electron chi connectivity index (χ2n) is 3.07. The van der Waals surface area contributed by atoms with Crippen LogP contribution in [-0.4, -0.2) is 17.6 Å². The predicted octanol–water partition coefficient (Wildman–Crippen LogP) is 0.518. The van der Waals surface area contributed by atoms with Crippen molar-refractivity contribution in [1.82, 2.24) is 0 Å². The minimum absolute atomic E-state index is 0.0356. The number of rotatable bonds is 4. The summed E-state index contributed by atoms with van der Waals surface area (Å²) in [7, 11) is 0. The second-order valence-corrected chi connectivity index (χ2v) is 3.07. The maximum atomic E-state index is 11.1. The van der Waals surface area contributed by atoms with Crippen LogP contribution in [0.4, 0.5) is 0 Å². The molecule has 11 heavy (non-hydrogen) atoms. The van der Waals surface area contributed by atoms with Gasteiger partial charge < -0.3 is 5.73 Å². The molecule has 0 rings (SSSR count). The molecule has 0 amide bonds. The van der Waals surface area contributed by atoms with Gasteiger partial charge in [0.2, 0.25) is 0 Å². The molecule has 0 spiro atoms. The van der Waals surface area contributed by atoms with Crippen molar-refractivity contribution in [3.63, 3.8) is 0 Å². The third-order valence-electron chi connectivity index (χ3n) is 1.44. The first kappa shape index (κ1) is 10.3. The van der Waals surface area contributed by atoms with Gasteiger partial charge in [0.15, 0.2) is 5.78 Å². The van der Waals surface area contributed by atoms with Crippen molar-refractivity contribution in [3.05, 3.63) is 0 Å². The normalized spacial score (nSPS) is 13.2. The number of hydrogen-bond donors (Lipinski definition) is 1. The SMILES string of the molecule is CC(=O)C[C@@H](N)C(=O)C(C)C. The average molecular weight is 157 g/mol. The molecule has 0 unspecified atom stereocenters. The van der Waals surface area contributed by atoms with Crippen LogP contribution in [0.25, 0.3) is 0 Å². The van der Waals surface area contributed by atoms with Gasteiger partial charge in [0.25, 0.3) is 0 Å². The summed E-state index contributed by atoms with van der Waals surface area (Å²) < 4.78 is 0. The van der Waals surface area contributed by atoms with Crippen molar-refractivity contribution in [2.24, 2.45) is 11.7 Å². The van der Waals surface area contributed by atoms with E-state index in [1.165, 1.54) is 6.92 Å². The largest absolute Gasteiger partial charge is 0.321 e. The van der Waals surface area contributed by atoms with E-state index in [1.807, 2.05) is 0 Å². The van der Waals surface area contributed by atoms with Crippen LogP contribution in [0, 0.1) is 5.92 Å². The molecule has 0 aromatic rings. The van der Waals surface area contributed by atoms with Crippen LogP contribution in [0.15, 0.2) is 0 Å². The lowest BCUT2D eigenvalue weighted by Gasteiger charge is -2.10. The van der Waals surface area contributed by atoms with E-state index in [1.54, 1.807) is 13.8 Å². The van der Waals surface area contributed by atoms with Crippen LogP contribution in [0.5, 0.6) is 0 Å².